The SMILES string of the molecule is CC[C@H](CS(=O)(=O)N(Cc1ccc(OC)cc1)Cc1ccc(OC)cc1)[C@@H]1C=C([C@@H](O)[C@@H]2CC[C@H]2CN2C[C@@]3(CCCc4cc(Cl)ccc43)COc3ccc(C(=O)OC(C)(C)C)cc32)C1. The van der Waals surface area contributed by atoms with Gasteiger partial charge in [0.25, 0.3) is 0 Å². The van der Waals surface area contributed by atoms with Gasteiger partial charge in [-0.25, -0.2) is 13.2 Å². The topological polar surface area (TPSA) is 115 Å². The van der Waals surface area contributed by atoms with Crippen molar-refractivity contribution in [2.75, 3.05) is 44.6 Å². The number of rotatable bonds is 16. The minimum atomic E-state index is -3.71. The van der Waals surface area contributed by atoms with Crippen molar-refractivity contribution in [1.29, 1.82) is 0 Å². The number of aliphatic hydroxyl groups is 1. The molecule has 1 spiro atoms. The van der Waals surface area contributed by atoms with E-state index in [0.29, 0.717) is 49.6 Å². The van der Waals surface area contributed by atoms with Crippen LogP contribution in [0.15, 0.2) is 96.6 Å². The van der Waals surface area contributed by atoms with Gasteiger partial charge in [0.2, 0.25) is 10.0 Å². The van der Waals surface area contributed by atoms with Crippen molar-refractivity contribution in [2.24, 2.45) is 23.7 Å². The molecular weight excluding hydrogens is 860 g/mol. The van der Waals surface area contributed by atoms with Crippen molar-refractivity contribution in [3.8, 4) is 17.2 Å². The third-order valence-corrected chi connectivity index (χ3v) is 16.4. The van der Waals surface area contributed by atoms with Gasteiger partial charge in [-0.15, -0.1) is 0 Å². The average molecular weight is 926 g/mol. The van der Waals surface area contributed by atoms with Crippen molar-refractivity contribution < 1.29 is 37.3 Å². The molecule has 1 N–H and O–H groups in total. The van der Waals surface area contributed by atoms with Crippen LogP contribution in [0.2, 0.25) is 5.02 Å². The van der Waals surface area contributed by atoms with Gasteiger partial charge in [0, 0.05) is 36.6 Å². The van der Waals surface area contributed by atoms with Gasteiger partial charge in [-0.2, -0.15) is 4.31 Å². The van der Waals surface area contributed by atoms with Crippen molar-refractivity contribution in [2.45, 2.75) is 103 Å². The molecule has 0 saturated heterocycles. The fraction of sp³-hybridized carbons (Fsp3) is 0.491. The first kappa shape index (κ1) is 47.0. The minimum absolute atomic E-state index is 0.0191. The van der Waals surface area contributed by atoms with E-state index >= 15 is 0 Å². The second kappa shape index (κ2) is 19.4. The van der Waals surface area contributed by atoms with Crippen LogP contribution in [0.1, 0.15) is 98.8 Å². The molecule has 8 rings (SSSR count). The van der Waals surface area contributed by atoms with Crippen LogP contribution in [-0.2, 0) is 39.7 Å². The zero-order chi connectivity index (χ0) is 46.1. The van der Waals surface area contributed by atoms with Gasteiger partial charge in [0.05, 0.1) is 43.9 Å². The van der Waals surface area contributed by atoms with Gasteiger partial charge < -0.3 is 29.0 Å². The zero-order valence-corrected chi connectivity index (χ0v) is 40.3. The van der Waals surface area contributed by atoms with Gasteiger partial charge in [0.1, 0.15) is 22.8 Å². The van der Waals surface area contributed by atoms with Crippen LogP contribution in [0, 0.1) is 23.7 Å². The Morgan fingerprint density at radius 1 is 0.954 bits per heavy atom. The summed E-state index contributed by atoms with van der Waals surface area (Å²) in [7, 11) is -0.477. The van der Waals surface area contributed by atoms with Gasteiger partial charge >= 0.3 is 5.97 Å². The molecule has 4 aromatic carbocycles. The highest BCUT2D eigenvalue weighted by molar-refractivity contribution is 7.89. The van der Waals surface area contributed by atoms with E-state index in [-0.39, 0.29) is 53.9 Å². The number of anilines is 1. The van der Waals surface area contributed by atoms with E-state index in [0.717, 1.165) is 65.3 Å². The quantitative estimate of drug-likeness (QED) is 0.0867. The van der Waals surface area contributed by atoms with Crippen LogP contribution < -0.4 is 19.1 Å². The van der Waals surface area contributed by atoms with E-state index in [2.05, 4.69) is 30.0 Å². The number of hydrogen-bond donors (Lipinski definition) is 1. The Morgan fingerprint density at radius 3 is 2.20 bits per heavy atom. The number of ether oxygens (including phenoxy) is 4. The van der Waals surface area contributed by atoms with Crippen LogP contribution >= 0.6 is 11.6 Å². The Hall–Kier alpha value is -4.55. The normalized spacial score (nSPS) is 22.6. The summed E-state index contributed by atoms with van der Waals surface area (Å²) in [6.07, 6.45) is 7.77. The first-order chi connectivity index (χ1) is 31.1. The predicted molar refractivity (Wildman–Crippen MR) is 257 cm³/mol. The van der Waals surface area contributed by atoms with Crippen molar-refractivity contribution in [3.63, 3.8) is 0 Å². The molecule has 3 aliphatic carbocycles. The summed E-state index contributed by atoms with van der Waals surface area (Å²) in [5.41, 5.74) is 5.73. The average Bonchev–Trinajstić information content (AvgIpc) is 3.40. The maximum absolute atomic E-state index is 14.4. The van der Waals surface area contributed by atoms with Crippen molar-refractivity contribution >= 4 is 33.3 Å². The highest BCUT2D eigenvalue weighted by Crippen LogP contribution is 2.49. The second-order valence-electron chi connectivity index (χ2n) is 19.8. The van der Waals surface area contributed by atoms with Gasteiger partial charge in [-0.3, -0.25) is 0 Å². The molecule has 4 aliphatic rings. The lowest BCUT2D eigenvalue weighted by atomic mass is 9.64. The number of esters is 1. The van der Waals surface area contributed by atoms with Gasteiger partial charge in [-0.1, -0.05) is 61.4 Å². The van der Waals surface area contributed by atoms with Crippen molar-refractivity contribution in [1.82, 2.24) is 4.31 Å². The zero-order valence-electron chi connectivity index (χ0n) is 38.7. The lowest BCUT2D eigenvalue weighted by Crippen LogP contribution is -2.50. The molecule has 4 aromatic rings. The number of carbonyl (C=O) groups is 1. The molecule has 6 atom stereocenters. The molecule has 12 heteroatoms. The summed E-state index contributed by atoms with van der Waals surface area (Å²) in [6.45, 7) is 10.1. The number of halogens is 1. The number of methoxy groups -OCH3 is 2. The number of nitrogens with zero attached hydrogens (tertiary/aromatic N) is 2. The Morgan fingerprint density at radius 2 is 1.62 bits per heavy atom. The van der Waals surface area contributed by atoms with Crippen LogP contribution in [0.25, 0.3) is 0 Å². The molecule has 1 fully saturated rings. The van der Waals surface area contributed by atoms with Gasteiger partial charge in [-0.05, 0) is 165 Å². The Kier molecular flexibility index (Phi) is 14.0. The summed E-state index contributed by atoms with van der Waals surface area (Å²) in [5.74, 6) is 2.04. The van der Waals surface area contributed by atoms with E-state index in [9.17, 15) is 18.3 Å². The maximum Gasteiger partial charge on any atom is 0.338 e. The number of sulfonamides is 1. The second-order valence-corrected chi connectivity index (χ2v) is 22.2. The third kappa shape index (κ3) is 10.5. The monoisotopic (exact) mass is 924 g/mol. The fourth-order valence-corrected chi connectivity index (χ4v) is 12.6. The van der Waals surface area contributed by atoms with E-state index in [1.54, 1.807) is 24.6 Å². The number of carbonyl (C=O) groups excluding carboxylic acids is 1. The maximum atomic E-state index is 14.4. The summed E-state index contributed by atoms with van der Waals surface area (Å²) < 4.78 is 53.6. The lowest BCUT2D eigenvalue weighted by molar-refractivity contribution is 0.00694. The van der Waals surface area contributed by atoms with E-state index in [1.807, 2.05) is 87.5 Å². The molecule has 0 amide bonds. The fourth-order valence-electron chi connectivity index (χ4n) is 10.5. The summed E-state index contributed by atoms with van der Waals surface area (Å²) in [4.78, 5) is 15.8. The molecule has 0 unspecified atom stereocenters. The smallest absolute Gasteiger partial charge is 0.338 e. The Balaban J connectivity index is 0.990. The van der Waals surface area contributed by atoms with E-state index < -0.39 is 21.7 Å². The Bertz CT molecular complexity index is 2420. The van der Waals surface area contributed by atoms with E-state index in [4.69, 9.17) is 30.5 Å². The molecule has 1 saturated carbocycles. The molecule has 348 valence electrons. The molecule has 0 aromatic heterocycles. The highest BCUT2D eigenvalue weighted by atomic mass is 35.5. The number of allylic oxidation sites excluding steroid dienone is 1. The van der Waals surface area contributed by atoms with Crippen LogP contribution in [0.3, 0.4) is 0 Å². The number of fused-ring (bicyclic) bond motifs is 3. The highest BCUT2D eigenvalue weighted by Gasteiger charge is 2.46. The molecular formula is C53H65ClN2O8S. The third-order valence-electron chi connectivity index (χ3n) is 14.3. The molecule has 10 nitrogen and oxygen atoms in total. The first-order valence-electron chi connectivity index (χ1n) is 23.2. The van der Waals surface area contributed by atoms with E-state index in [1.165, 1.54) is 11.1 Å². The summed E-state index contributed by atoms with van der Waals surface area (Å²) >= 11 is 6.51. The lowest BCUT2D eigenvalue weighted by Gasteiger charge is -2.47. The molecule has 0 radical (unpaired) electrons. The number of benzene rings is 4. The van der Waals surface area contributed by atoms with Crippen LogP contribution in [-0.4, -0.2) is 75.2 Å². The molecule has 1 aliphatic heterocycles. The Labute approximate surface area is 390 Å². The number of aryl methyl sites for hydroxylation is 1. The van der Waals surface area contributed by atoms with Crippen LogP contribution in [0.4, 0.5) is 5.69 Å². The molecule has 65 heavy (non-hydrogen) atoms. The van der Waals surface area contributed by atoms with Crippen LogP contribution in [0.5, 0.6) is 17.2 Å². The standard InChI is InChI=1S/C53H65ClN2O8S/c1-7-37(32-65(59,60)56(29-35-10-17-44(61-5)18-11-35)30-36-12-19-45(62-6)20-13-36)41-25-42(26-41)50(57)46-21-14-40(46)31-55-33-53(24-8-9-38-27-43(54)16-22-47(38)53)34-63-49-23-15-39(28-48(49)55)51(58)64-52(2,3)4/h10-13,15-20,22-23,25,27-28,37,40-41,46,50,57H,7-9,14,21,24,26,29-34H2,1-6H3/t37-,40+,41-,46-,50-,53+/m1/s1. The summed E-state index contributed by atoms with van der Waals surface area (Å²) in [5, 5.41) is 12.8. The predicted octanol–water partition coefficient (Wildman–Crippen LogP) is 10.2. The number of aliphatic hydroxyl groups excluding tert-OH is 1. The van der Waals surface area contributed by atoms with Gasteiger partial charge in [0.15, 0.2) is 0 Å². The first-order valence-corrected chi connectivity index (χ1v) is 25.2. The number of hydrogen-bond acceptors (Lipinski definition) is 9. The largest absolute Gasteiger partial charge is 0.497 e. The molecule has 1 heterocycles. The van der Waals surface area contributed by atoms with Crippen molar-refractivity contribution in [3.05, 3.63) is 129 Å². The minimum Gasteiger partial charge on any atom is -0.497 e. The molecule has 0 bridgehead atoms. The summed E-state index contributed by atoms with van der Waals surface area (Å²) in [6, 6.07) is 26.9.